The summed E-state index contributed by atoms with van der Waals surface area (Å²) in [5, 5.41) is 11.8. The maximum atomic E-state index is 8.36. The van der Waals surface area contributed by atoms with Gasteiger partial charge in [-0.05, 0) is 12.5 Å². The summed E-state index contributed by atoms with van der Waals surface area (Å²) in [6.07, 6.45) is 2.16. The molecule has 0 saturated carbocycles. The fraction of sp³-hybridized carbons (Fsp3) is 0.188. The van der Waals surface area contributed by atoms with Gasteiger partial charge in [-0.25, -0.2) is 4.98 Å². The van der Waals surface area contributed by atoms with Crippen molar-refractivity contribution in [3.63, 3.8) is 0 Å². The van der Waals surface area contributed by atoms with Crippen molar-refractivity contribution in [2.24, 2.45) is 7.05 Å². The molecule has 0 fully saturated rings. The highest BCUT2D eigenvalue weighted by Gasteiger charge is 2.20. The number of benzene rings is 1. The number of halogens is 1. The fourth-order valence-corrected chi connectivity index (χ4v) is 2.54. The van der Waals surface area contributed by atoms with Gasteiger partial charge < -0.3 is 9.52 Å². The third-order valence-corrected chi connectivity index (χ3v) is 3.67. The molecule has 23 heavy (non-hydrogen) atoms. The standard InChI is InChI=1S/C15H14ClN3O.CH2O2/c1-10-13(15(16)19(2)18-10)14-12(17-9-20-14)8-11-6-4-3-5-7-11;2-1-3/h3-7,9H,8H2,1-2H3;1H,(H,2,3). The van der Waals surface area contributed by atoms with E-state index in [-0.39, 0.29) is 6.47 Å². The lowest BCUT2D eigenvalue weighted by Crippen LogP contribution is -1.92. The van der Waals surface area contributed by atoms with Gasteiger partial charge in [-0.15, -0.1) is 0 Å². The normalized spacial score (nSPS) is 10.0. The molecule has 0 saturated heterocycles. The molecule has 0 amide bonds. The molecule has 3 rings (SSSR count). The van der Waals surface area contributed by atoms with E-state index >= 15 is 0 Å². The third kappa shape index (κ3) is 3.78. The van der Waals surface area contributed by atoms with Crippen LogP contribution in [0.4, 0.5) is 0 Å². The largest absolute Gasteiger partial charge is 0.483 e. The van der Waals surface area contributed by atoms with E-state index in [0.717, 1.165) is 17.0 Å². The van der Waals surface area contributed by atoms with Crippen molar-refractivity contribution < 1.29 is 14.3 Å². The van der Waals surface area contributed by atoms with Gasteiger partial charge in [0.25, 0.3) is 6.47 Å². The van der Waals surface area contributed by atoms with Gasteiger partial charge in [-0.2, -0.15) is 5.10 Å². The summed E-state index contributed by atoms with van der Waals surface area (Å²) in [6, 6.07) is 10.1. The van der Waals surface area contributed by atoms with E-state index in [0.29, 0.717) is 17.3 Å². The smallest absolute Gasteiger partial charge is 0.290 e. The van der Waals surface area contributed by atoms with E-state index in [1.807, 2.05) is 32.2 Å². The summed E-state index contributed by atoms with van der Waals surface area (Å²) < 4.78 is 7.19. The van der Waals surface area contributed by atoms with Gasteiger partial charge in [0.15, 0.2) is 12.2 Å². The number of hydrogen-bond acceptors (Lipinski definition) is 4. The zero-order chi connectivity index (χ0) is 16.8. The summed E-state index contributed by atoms with van der Waals surface area (Å²) in [6.45, 7) is 1.66. The minimum Gasteiger partial charge on any atom is -0.483 e. The highest BCUT2D eigenvalue weighted by molar-refractivity contribution is 6.32. The Morgan fingerprint density at radius 2 is 2.00 bits per heavy atom. The van der Waals surface area contributed by atoms with E-state index < -0.39 is 0 Å². The summed E-state index contributed by atoms with van der Waals surface area (Å²) in [5.74, 6) is 0.699. The predicted octanol–water partition coefficient (Wildman–Crippen LogP) is 3.33. The Labute approximate surface area is 138 Å². The molecular formula is C16H16ClN3O3. The van der Waals surface area contributed by atoms with Gasteiger partial charge in [0.05, 0.1) is 17.0 Å². The van der Waals surface area contributed by atoms with E-state index in [9.17, 15) is 0 Å². The molecule has 1 N–H and O–H groups in total. The molecule has 0 unspecified atom stereocenters. The van der Waals surface area contributed by atoms with Gasteiger partial charge in [-0.3, -0.25) is 9.48 Å². The Kier molecular flexibility index (Phi) is 5.54. The molecule has 0 spiro atoms. The molecule has 0 radical (unpaired) electrons. The number of carbonyl (C=O) groups is 1. The summed E-state index contributed by atoms with van der Waals surface area (Å²) in [4.78, 5) is 12.7. The first-order chi connectivity index (χ1) is 11.1. The van der Waals surface area contributed by atoms with Crippen LogP contribution in [0.3, 0.4) is 0 Å². The molecule has 120 valence electrons. The molecule has 2 heterocycles. The summed E-state index contributed by atoms with van der Waals surface area (Å²) in [7, 11) is 1.81. The zero-order valence-electron chi connectivity index (χ0n) is 12.7. The van der Waals surface area contributed by atoms with Crippen LogP contribution >= 0.6 is 11.6 Å². The molecule has 0 aliphatic heterocycles. The van der Waals surface area contributed by atoms with Crippen LogP contribution in [0.25, 0.3) is 11.3 Å². The topological polar surface area (TPSA) is 81.2 Å². The van der Waals surface area contributed by atoms with Gasteiger partial charge in [0.1, 0.15) is 5.15 Å². The Bertz CT molecular complexity index is 781. The van der Waals surface area contributed by atoms with Crippen molar-refractivity contribution in [2.45, 2.75) is 13.3 Å². The number of rotatable bonds is 3. The highest BCUT2D eigenvalue weighted by Crippen LogP contribution is 2.33. The van der Waals surface area contributed by atoms with Crippen molar-refractivity contribution in [1.82, 2.24) is 14.8 Å². The first-order valence-corrected chi connectivity index (χ1v) is 7.19. The van der Waals surface area contributed by atoms with E-state index in [4.69, 9.17) is 25.9 Å². The summed E-state index contributed by atoms with van der Waals surface area (Å²) in [5.41, 5.74) is 3.70. The van der Waals surface area contributed by atoms with E-state index in [1.165, 1.54) is 12.0 Å². The fourth-order valence-electron chi connectivity index (χ4n) is 2.28. The number of nitrogens with zero attached hydrogens (tertiary/aromatic N) is 3. The van der Waals surface area contributed by atoms with E-state index in [1.54, 1.807) is 4.68 Å². The first-order valence-electron chi connectivity index (χ1n) is 6.82. The maximum absolute atomic E-state index is 8.36. The van der Waals surface area contributed by atoms with E-state index in [2.05, 4.69) is 22.2 Å². The quantitative estimate of drug-likeness (QED) is 0.743. The van der Waals surface area contributed by atoms with Gasteiger partial charge in [0, 0.05) is 13.5 Å². The molecule has 7 heteroatoms. The predicted molar refractivity (Wildman–Crippen MR) is 86.4 cm³/mol. The van der Waals surface area contributed by atoms with Crippen LogP contribution in [-0.2, 0) is 18.3 Å². The van der Waals surface area contributed by atoms with Crippen molar-refractivity contribution >= 4 is 18.1 Å². The van der Waals surface area contributed by atoms with Crippen LogP contribution in [0.5, 0.6) is 0 Å². The number of hydrogen-bond donors (Lipinski definition) is 1. The number of carboxylic acid groups (broad SMARTS) is 1. The molecule has 6 nitrogen and oxygen atoms in total. The molecule has 2 aromatic heterocycles. The molecule has 0 aliphatic rings. The van der Waals surface area contributed by atoms with Crippen molar-refractivity contribution in [2.75, 3.05) is 0 Å². The Morgan fingerprint density at radius 3 is 2.57 bits per heavy atom. The SMILES string of the molecule is Cc1nn(C)c(Cl)c1-c1ocnc1Cc1ccccc1.O=CO. The van der Waals surface area contributed by atoms with Crippen LogP contribution in [-0.4, -0.2) is 26.3 Å². The lowest BCUT2D eigenvalue weighted by molar-refractivity contribution is -0.122. The molecule has 0 bridgehead atoms. The van der Waals surface area contributed by atoms with Gasteiger partial charge in [-0.1, -0.05) is 41.9 Å². The zero-order valence-corrected chi connectivity index (χ0v) is 13.5. The summed E-state index contributed by atoms with van der Waals surface area (Å²) >= 11 is 6.29. The van der Waals surface area contributed by atoms with Crippen LogP contribution in [0.1, 0.15) is 17.0 Å². The second-order valence-electron chi connectivity index (χ2n) is 4.77. The Hall–Kier alpha value is -2.60. The van der Waals surface area contributed by atoms with Crippen LogP contribution in [0.2, 0.25) is 5.15 Å². The number of oxazole rings is 1. The molecular weight excluding hydrogens is 318 g/mol. The maximum Gasteiger partial charge on any atom is 0.290 e. The number of aryl methyl sites for hydroxylation is 2. The van der Waals surface area contributed by atoms with Gasteiger partial charge >= 0.3 is 0 Å². The molecule has 3 aromatic rings. The molecule has 0 aliphatic carbocycles. The van der Waals surface area contributed by atoms with Crippen molar-refractivity contribution in [3.8, 4) is 11.3 Å². The minimum absolute atomic E-state index is 0.250. The van der Waals surface area contributed by atoms with Crippen molar-refractivity contribution in [3.05, 3.63) is 58.8 Å². The van der Waals surface area contributed by atoms with Gasteiger partial charge in [0.2, 0.25) is 0 Å². The van der Waals surface area contributed by atoms with Crippen molar-refractivity contribution in [1.29, 1.82) is 0 Å². The monoisotopic (exact) mass is 333 g/mol. The Morgan fingerprint density at radius 1 is 1.35 bits per heavy atom. The highest BCUT2D eigenvalue weighted by atomic mass is 35.5. The lowest BCUT2D eigenvalue weighted by Gasteiger charge is -2.02. The number of aromatic nitrogens is 3. The van der Waals surface area contributed by atoms with Crippen LogP contribution < -0.4 is 0 Å². The van der Waals surface area contributed by atoms with Crippen LogP contribution in [0.15, 0.2) is 41.1 Å². The average molecular weight is 334 g/mol. The second kappa shape index (κ2) is 7.60. The minimum atomic E-state index is -0.250. The lowest BCUT2D eigenvalue weighted by atomic mass is 10.1. The average Bonchev–Trinajstić information content (AvgIpc) is 3.06. The first kappa shape index (κ1) is 16.8. The van der Waals surface area contributed by atoms with Crippen LogP contribution in [0, 0.1) is 6.92 Å². The molecule has 0 atom stereocenters. The third-order valence-electron chi connectivity index (χ3n) is 3.23. The molecule has 1 aromatic carbocycles. The Balaban J connectivity index is 0.000000595. The second-order valence-corrected chi connectivity index (χ2v) is 5.13.